The summed E-state index contributed by atoms with van der Waals surface area (Å²) in [6, 6.07) is 7.33. The summed E-state index contributed by atoms with van der Waals surface area (Å²) in [6.45, 7) is 1.88. The molecule has 0 N–H and O–H groups in total. The highest BCUT2D eigenvalue weighted by Crippen LogP contribution is 2.50. The minimum absolute atomic E-state index is 0.457. The predicted octanol–water partition coefficient (Wildman–Crippen LogP) is 4.76. The monoisotopic (exact) mass is 316 g/mol. The molecule has 0 heterocycles. The first-order valence-electron chi connectivity index (χ1n) is 6.00. The number of rotatable bonds is 7. The van der Waals surface area contributed by atoms with Crippen LogP contribution in [-0.2, 0) is 24.6 Å². The van der Waals surface area contributed by atoms with Gasteiger partial charge in [0.1, 0.15) is 5.76 Å². The van der Waals surface area contributed by atoms with Crippen molar-refractivity contribution < 1.29 is 18.1 Å². The molecule has 0 radical (unpaired) electrons. The molecule has 0 bridgehead atoms. The lowest BCUT2D eigenvalue weighted by Gasteiger charge is -2.16. The Kier molecular flexibility index (Phi) is 7.03. The molecular formula is C14H18ClO4P. The van der Waals surface area contributed by atoms with Crippen molar-refractivity contribution in [3.63, 3.8) is 0 Å². The molecular weight excluding hydrogens is 299 g/mol. The highest BCUT2D eigenvalue weighted by Gasteiger charge is 2.25. The summed E-state index contributed by atoms with van der Waals surface area (Å²) in [4.78, 5) is 0. The van der Waals surface area contributed by atoms with Gasteiger partial charge in [-0.25, -0.2) is 4.57 Å². The molecule has 4 nitrogen and oxygen atoms in total. The molecule has 0 aliphatic heterocycles. The second kappa shape index (κ2) is 8.28. The Balaban J connectivity index is 2.90. The standard InChI is InChI=1S/C14H18ClO4P/c1-4-5-6-14(19-20(16,17-2)18-3)11-12-7-9-13(15)10-8-12/h4-10H,11H2,1-3H3. The SMILES string of the molecule is CC=CC=C(Cc1ccc(Cl)cc1)OP(=O)(OC)OC. The average Bonchev–Trinajstić information content (AvgIpc) is 2.47. The minimum atomic E-state index is -3.55. The first-order chi connectivity index (χ1) is 9.53. The summed E-state index contributed by atoms with van der Waals surface area (Å²) in [6.07, 6.45) is 5.81. The van der Waals surface area contributed by atoms with E-state index in [0.29, 0.717) is 17.2 Å². The zero-order valence-corrected chi connectivity index (χ0v) is 13.4. The van der Waals surface area contributed by atoms with Crippen LogP contribution < -0.4 is 0 Å². The van der Waals surface area contributed by atoms with E-state index in [2.05, 4.69) is 0 Å². The molecule has 20 heavy (non-hydrogen) atoms. The van der Waals surface area contributed by atoms with Gasteiger partial charge in [-0.1, -0.05) is 35.9 Å². The van der Waals surface area contributed by atoms with Gasteiger partial charge in [-0.3, -0.25) is 9.05 Å². The van der Waals surface area contributed by atoms with Crippen molar-refractivity contribution in [1.29, 1.82) is 0 Å². The summed E-state index contributed by atoms with van der Waals surface area (Å²) >= 11 is 5.84. The first kappa shape index (κ1) is 17.0. The average molecular weight is 317 g/mol. The topological polar surface area (TPSA) is 44.8 Å². The lowest BCUT2D eigenvalue weighted by Crippen LogP contribution is -1.99. The molecule has 1 aromatic carbocycles. The second-order valence-electron chi connectivity index (χ2n) is 3.87. The van der Waals surface area contributed by atoms with Gasteiger partial charge in [0.2, 0.25) is 0 Å². The van der Waals surface area contributed by atoms with Gasteiger partial charge in [0.25, 0.3) is 0 Å². The van der Waals surface area contributed by atoms with Crippen LogP contribution in [0.25, 0.3) is 0 Å². The zero-order chi connectivity index (χ0) is 15.0. The fourth-order valence-electron chi connectivity index (χ4n) is 1.42. The molecule has 110 valence electrons. The van der Waals surface area contributed by atoms with E-state index < -0.39 is 7.82 Å². The van der Waals surface area contributed by atoms with Crippen molar-refractivity contribution in [2.24, 2.45) is 0 Å². The molecule has 0 atom stereocenters. The molecule has 0 saturated heterocycles. The first-order valence-corrected chi connectivity index (χ1v) is 7.84. The Labute approximate surface area is 124 Å². The third-order valence-electron chi connectivity index (χ3n) is 2.44. The lowest BCUT2D eigenvalue weighted by molar-refractivity contribution is 0.181. The van der Waals surface area contributed by atoms with Crippen LogP contribution in [0.2, 0.25) is 5.02 Å². The minimum Gasteiger partial charge on any atom is -0.408 e. The van der Waals surface area contributed by atoms with Crippen LogP contribution in [0.15, 0.2) is 48.3 Å². The molecule has 0 unspecified atom stereocenters. The van der Waals surface area contributed by atoms with E-state index >= 15 is 0 Å². The Morgan fingerprint density at radius 3 is 2.35 bits per heavy atom. The van der Waals surface area contributed by atoms with E-state index in [0.717, 1.165) is 5.56 Å². The quantitative estimate of drug-likeness (QED) is 0.413. The molecule has 0 aromatic heterocycles. The third-order valence-corrected chi connectivity index (χ3v) is 4.05. The number of hydrogen-bond donors (Lipinski definition) is 0. The van der Waals surface area contributed by atoms with Crippen molar-refractivity contribution in [3.8, 4) is 0 Å². The number of phosphoric ester groups is 1. The van der Waals surface area contributed by atoms with Gasteiger partial charge in [0, 0.05) is 25.7 Å². The summed E-state index contributed by atoms with van der Waals surface area (Å²) in [5.41, 5.74) is 0.976. The van der Waals surface area contributed by atoms with Gasteiger partial charge in [-0.15, -0.1) is 0 Å². The molecule has 1 rings (SSSR count). The maximum absolute atomic E-state index is 12.0. The van der Waals surface area contributed by atoms with E-state index in [1.807, 2.05) is 25.1 Å². The maximum Gasteiger partial charge on any atom is 0.529 e. The van der Waals surface area contributed by atoms with E-state index in [9.17, 15) is 4.57 Å². The van der Waals surface area contributed by atoms with Gasteiger partial charge < -0.3 is 4.52 Å². The van der Waals surface area contributed by atoms with E-state index in [-0.39, 0.29) is 0 Å². The summed E-state index contributed by atoms with van der Waals surface area (Å²) in [5, 5.41) is 0.660. The Hall–Kier alpha value is -1.06. The maximum atomic E-state index is 12.0. The van der Waals surface area contributed by atoms with Gasteiger partial charge in [-0.2, -0.15) is 0 Å². The predicted molar refractivity (Wildman–Crippen MR) is 80.8 cm³/mol. The van der Waals surface area contributed by atoms with Crippen LogP contribution in [0, 0.1) is 0 Å². The number of benzene rings is 1. The summed E-state index contributed by atoms with van der Waals surface area (Å²) < 4.78 is 26.9. The van der Waals surface area contributed by atoms with Crippen molar-refractivity contribution >= 4 is 19.4 Å². The summed E-state index contributed by atoms with van der Waals surface area (Å²) in [7, 11) is -0.997. The van der Waals surface area contributed by atoms with Crippen LogP contribution in [0.1, 0.15) is 12.5 Å². The van der Waals surface area contributed by atoms with Crippen LogP contribution in [0.3, 0.4) is 0 Å². The highest BCUT2D eigenvalue weighted by molar-refractivity contribution is 7.48. The van der Waals surface area contributed by atoms with E-state index in [1.54, 1.807) is 24.3 Å². The Bertz CT molecular complexity index is 514. The molecule has 6 heteroatoms. The van der Waals surface area contributed by atoms with Crippen molar-refractivity contribution in [2.45, 2.75) is 13.3 Å². The fraction of sp³-hybridized carbons (Fsp3) is 0.286. The normalized spacial score (nSPS) is 12.9. The summed E-state index contributed by atoms with van der Waals surface area (Å²) in [5.74, 6) is 0.484. The third kappa shape index (κ3) is 5.51. The number of halogens is 1. The van der Waals surface area contributed by atoms with Gasteiger partial charge in [0.05, 0.1) is 0 Å². The molecule has 0 amide bonds. The van der Waals surface area contributed by atoms with Gasteiger partial charge in [-0.05, 0) is 30.7 Å². The number of allylic oxidation sites excluding steroid dienone is 4. The molecule has 0 saturated carbocycles. The highest BCUT2D eigenvalue weighted by atomic mass is 35.5. The largest absolute Gasteiger partial charge is 0.529 e. The van der Waals surface area contributed by atoms with E-state index in [1.165, 1.54) is 14.2 Å². The molecule has 0 fully saturated rings. The number of phosphoric acid groups is 1. The lowest BCUT2D eigenvalue weighted by atomic mass is 10.1. The van der Waals surface area contributed by atoms with Crippen molar-refractivity contribution in [1.82, 2.24) is 0 Å². The molecule has 0 aliphatic rings. The molecule has 1 aromatic rings. The number of hydrogen-bond acceptors (Lipinski definition) is 4. The second-order valence-corrected chi connectivity index (χ2v) is 6.11. The van der Waals surface area contributed by atoms with Gasteiger partial charge in [0.15, 0.2) is 0 Å². The molecule has 0 spiro atoms. The Morgan fingerprint density at radius 1 is 1.25 bits per heavy atom. The van der Waals surface area contributed by atoms with Crippen LogP contribution >= 0.6 is 19.4 Å². The van der Waals surface area contributed by atoms with Gasteiger partial charge >= 0.3 is 7.82 Å². The fourth-order valence-corrected chi connectivity index (χ4v) is 2.26. The van der Waals surface area contributed by atoms with Crippen LogP contribution in [0.5, 0.6) is 0 Å². The van der Waals surface area contributed by atoms with Crippen molar-refractivity contribution in [3.05, 3.63) is 58.8 Å². The van der Waals surface area contributed by atoms with Crippen LogP contribution in [-0.4, -0.2) is 14.2 Å². The zero-order valence-electron chi connectivity index (χ0n) is 11.7. The molecule has 0 aliphatic carbocycles. The van der Waals surface area contributed by atoms with E-state index in [4.69, 9.17) is 25.2 Å². The van der Waals surface area contributed by atoms with Crippen LogP contribution in [0.4, 0.5) is 0 Å². The van der Waals surface area contributed by atoms with Crippen molar-refractivity contribution in [2.75, 3.05) is 14.2 Å². The smallest absolute Gasteiger partial charge is 0.408 e. The Morgan fingerprint density at radius 2 is 1.85 bits per heavy atom.